The zero-order chi connectivity index (χ0) is 25.9. The zero-order valence-corrected chi connectivity index (χ0v) is 21.5. The fourth-order valence-corrected chi connectivity index (χ4v) is 3.86. The van der Waals surface area contributed by atoms with E-state index in [2.05, 4.69) is 36.8 Å². The average molecular weight is 559 g/mol. The normalized spacial score (nSPS) is 11.8. The standard InChI is InChI=1S/C25H27BrN4O6/c1-3-34-23(31)15-36-22-10-9-16(11-19(22)26)13-28-30-24(32)21(29-25(33)35-4-2)12-17-14-27-20-8-6-5-7-18(17)20/h5-11,13-14,21,27H,3-4,12,15H2,1-2H3,(H,29,33)(H,30,32)/b28-13-/t21-/m1/s1. The van der Waals surface area contributed by atoms with Crippen LogP contribution >= 0.6 is 15.9 Å². The molecule has 0 fully saturated rings. The maximum atomic E-state index is 12.9. The predicted octanol–water partition coefficient (Wildman–Crippen LogP) is 3.68. The van der Waals surface area contributed by atoms with E-state index < -0.39 is 24.0 Å². The van der Waals surface area contributed by atoms with Crippen LogP contribution in [0.4, 0.5) is 4.79 Å². The summed E-state index contributed by atoms with van der Waals surface area (Å²) in [4.78, 5) is 39.5. The van der Waals surface area contributed by atoms with E-state index in [1.165, 1.54) is 6.21 Å². The van der Waals surface area contributed by atoms with E-state index in [1.54, 1.807) is 32.0 Å². The van der Waals surface area contributed by atoms with Gasteiger partial charge in [-0.25, -0.2) is 15.0 Å². The molecule has 0 aliphatic carbocycles. The third-order valence-electron chi connectivity index (χ3n) is 4.98. The summed E-state index contributed by atoms with van der Waals surface area (Å²) in [5.41, 5.74) is 4.93. The summed E-state index contributed by atoms with van der Waals surface area (Å²) in [6.07, 6.45) is 2.81. The Morgan fingerprint density at radius 3 is 2.64 bits per heavy atom. The summed E-state index contributed by atoms with van der Waals surface area (Å²) < 4.78 is 15.8. The minimum Gasteiger partial charge on any atom is -0.481 e. The van der Waals surface area contributed by atoms with Crippen molar-refractivity contribution in [1.82, 2.24) is 15.7 Å². The number of amides is 2. The molecule has 0 aliphatic rings. The Hall–Kier alpha value is -3.86. The van der Waals surface area contributed by atoms with Crippen molar-refractivity contribution in [2.24, 2.45) is 5.10 Å². The van der Waals surface area contributed by atoms with Crippen molar-refractivity contribution in [3.8, 4) is 5.75 Å². The maximum Gasteiger partial charge on any atom is 0.407 e. The molecule has 0 radical (unpaired) electrons. The van der Waals surface area contributed by atoms with Crippen LogP contribution in [0.25, 0.3) is 10.9 Å². The van der Waals surface area contributed by atoms with Crippen molar-refractivity contribution in [2.45, 2.75) is 26.3 Å². The van der Waals surface area contributed by atoms with Gasteiger partial charge in [0.15, 0.2) is 6.61 Å². The number of esters is 1. The van der Waals surface area contributed by atoms with Crippen LogP contribution in [0.3, 0.4) is 0 Å². The number of hydrogen-bond donors (Lipinski definition) is 3. The number of para-hydroxylation sites is 1. The number of carbonyl (C=O) groups is 3. The number of carbonyl (C=O) groups excluding carboxylic acids is 3. The number of H-pyrrole nitrogens is 1. The van der Waals surface area contributed by atoms with Crippen LogP contribution in [-0.2, 0) is 25.5 Å². The molecule has 36 heavy (non-hydrogen) atoms. The van der Waals surface area contributed by atoms with E-state index in [9.17, 15) is 14.4 Å². The fraction of sp³-hybridized carbons (Fsp3) is 0.280. The van der Waals surface area contributed by atoms with Crippen LogP contribution in [0.1, 0.15) is 25.0 Å². The molecule has 0 aliphatic heterocycles. The number of ether oxygens (including phenoxy) is 3. The van der Waals surface area contributed by atoms with Gasteiger partial charge in [-0.3, -0.25) is 4.79 Å². The summed E-state index contributed by atoms with van der Waals surface area (Å²) in [5, 5.41) is 7.57. The van der Waals surface area contributed by atoms with Gasteiger partial charge in [0.2, 0.25) is 0 Å². The van der Waals surface area contributed by atoms with Gasteiger partial charge >= 0.3 is 12.1 Å². The first-order valence-electron chi connectivity index (χ1n) is 11.3. The van der Waals surface area contributed by atoms with Crippen molar-refractivity contribution in [3.05, 3.63) is 64.3 Å². The van der Waals surface area contributed by atoms with E-state index in [0.29, 0.717) is 15.8 Å². The number of halogens is 1. The van der Waals surface area contributed by atoms with Crippen LogP contribution in [0.5, 0.6) is 5.75 Å². The minimum atomic E-state index is -0.911. The van der Waals surface area contributed by atoms with Crippen molar-refractivity contribution in [3.63, 3.8) is 0 Å². The molecule has 0 unspecified atom stereocenters. The number of aromatic amines is 1. The molecule has 1 heterocycles. The molecule has 3 rings (SSSR count). The van der Waals surface area contributed by atoms with Crippen molar-refractivity contribution in [2.75, 3.05) is 19.8 Å². The number of hydrogen-bond acceptors (Lipinski definition) is 7. The maximum absolute atomic E-state index is 12.9. The molecule has 10 nitrogen and oxygen atoms in total. The highest BCUT2D eigenvalue weighted by atomic mass is 79.9. The molecule has 2 aromatic carbocycles. The molecule has 3 aromatic rings. The Bertz CT molecular complexity index is 1240. The Balaban J connectivity index is 1.65. The molecule has 11 heteroatoms. The van der Waals surface area contributed by atoms with E-state index in [4.69, 9.17) is 14.2 Å². The number of aromatic nitrogens is 1. The lowest BCUT2D eigenvalue weighted by atomic mass is 10.0. The molecular formula is C25H27BrN4O6. The molecule has 0 saturated heterocycles. The van der Waals surface area contributed by atoms with Crippen LogP contribution in [-0.4, -0.2) is 55.0 Å². The molecular weight excluding hydrogens is 532 g/mol. The Morgan fingerprint density at radius 2 is 1.89 bits per heavy atom. The highest BCUT2D eigenvalue weighted by Crippen LogP contribution is 2.25. The smallest absolute Gasteiger partial charge is 0.407 e. The van der Waals surface area contributed by atoms with E-state index >= 15 is 0 Å². The first kappa shape index (κ1) is 26.7. The van der Waals surface area contributed by atoms with Crippen LogP contribution in [0.15, 0.2) is 58.2 Å². The third-order valence-corrected chi connectivity index (χ3v) is 5.60. The number of nitrogens with one attached hydrogen (secondary N) is 3. The number of benzene rings is 2. The summed E-state index contributed by atoms with van der Waals surface area (Å²) in [6.45, 7) is 3.66. The average Bonchev–Trinajstić information content (AvgIpc) is 3.26. The second-order valence-electron chi connectivity index (χ2n) is 7.50. The number of hydrazone groups is 1. The molecule has 0 spiro atoms. The SMILES string of the molecule is CCOC(=O)COc1ccc(/C=N\NC(=O)[C@@H](Cc2c[nH]c3ccccc23)NC(=O)OCC)cc1Br. The molecule has 1 aromatic heterocycles. The quantitative estimate of drug-likeness (QED) is 0.187. The second kappa shape index (κ2) is 13.3. The van der Waals surface area contributed by atoms with Crippen LogP contribution in [0, 0.1) is 0 Å². The fourth-order valence-electron chi connectivity index (χ4n) is 3.35. The largest absolute Gasteiger partial charge is 0.481 e. The molecule has 0 bridgehead atoms. The van der Waals surface area contributed by atoms with Crippen molar-refractivity contribution >= 4 is 51.0 Å². The summed E-state index contributed by atoms with van der Waals surface area (Å²) >= 11 is 3.38. The molecule has 3 N–H and O–H groups in total. The topological polar surface area (TPSA) is 131 Å². The number of nitrogens with zero attached hydrogens (tertiary/aromatic N) is 1. The Kier molecular flexibility index (Phi) is 9.87. The first-order valence-corrected chi connectivity index (χ1v) is 12.1. The highest BCUT2D eigenvalue weighted by Gasteiger charge is 2.23. The lowest BCUT2D eigenvalue weighted by Gasteiger charge is -2.16. The van der Waals surface area contributed by atoms with Gasteiger partial charge in [0.25, 0.3) is 5.91 Å². The number of rotatable bonds is 11. The number of fused-ring (bicyclic) bond motifs is 1. The summed E-state index contributed by atoms with van der Waals surface area (Å²) in [7, 11) is 0. The van der Waals surface area contributed by atoms with Gasteiger partial charge in [-0.2, -0.15) is 5.10 Å². The molecule has 1 atom stereocenters. The van der Waals surface area contributed by atoms with Gasteiger partial charge in [0.05, 0.1) is 23.9 Å². The Morgan fingerprint density at radius 1 is 1.11 bits per heavy atom. The van der Waals surface area contributed by atoms with Gasteiger partial charge in [0, 0.05) is 23.5 Å². The molecule has 2 amide bonds. The van der Waals surface area contributed by atoms with Crippen molar-refractivity contribution in [1.29, 1.82) is 0 Å². The van der Waals surface area contributed by atoms with Gasteiger partial charge in [-0.1, -0.05) is 18.2 Å². The lowest BCUT2D eigenvalue weighted by Crippen LogP contribution is -2.47. The van der Waals surface area contributed by atoms with Gasteiger partial charge in [0.1, 0.15) is 11.8 Å². The zero-order valence-electron chi connectivity index (χ0n) is 19.9. The highest BCUT2D eigenvalue weighted by molar-refractivity contribution is 9.10. The van der Waals surface area contributed by atoms with Gasteiger partial charge in [-0.15, -0.1) is 0 Å². The predicted molar refractivity (Wildman–Crippen MR) is 138 cm³/mol. The first-order chi connectivity index (χ1) is 17.4. The van der Waals surface area contributed by atoms with Gasteiger partial charge in [-0.05, 0) is 65.2 Å². The van der Waals surface area contributed by atoms with Crippen LogP contribution < -0.4 is 15.5 Å². The van der Waals surface area contributed by atoms with E-state index in [0.717, 1.165) is 16.5 Å². The van der Waals surface area contributed by atoms with E-state index in [-0.39, 0.29) is 26.2 Å². The molecule has 0 saturated carbocycles. The van der Waals surface area contributed by atoms with E-state index in [1.807, 2.05) is 30.5 Å². The Labute approximate surface area is 216 Å². The summed E-state index contributed by atoms with van der Waals surface area (Å²) in [6, 6.07) is 11.9. The second-order valence-corrected chi connectivity index (χ2v) is 8.35. The lowest BCUT2D eigenvalue weighted by molar-refractivity contribution is -0.145. The van der Waals surface area contributed by atoms with Crippen LogP contribution in [0.2, 0.25) is 0 Å². The minimum absolute atomic E-state index is 0.180. The summed E-state index contributed by atoms with van der Waals surface area (Å²) in [5.74, 6) is -0.504. The van der Waals surface area contributed by atoms with Gasteiger partial charge < -0.3 is 24.5 Å². The van der Waals surface area contributed by atoms with Crippen molar-refractivity contribution < 1.29 is 28.6 Å². The monoisotopic (exact) mass is 558 g/mol. The molecule has 190 valence electrons. The number of alkyl carbamates (subject to hydrolysis) is 1. The third kappa shape index (κ3) is 7.57.